The highest BCUT2D eigenvalue weighted by Gasteiger charge is 1.95. The summed E-state index contributed by atoms with van der Waals surface area (Å²) < 4.78 is 15.2. The smallest absolute Gasteiger partial charge is 0.328 e. The van der Waals surface area contributed by atoms with Crippen molar-refractivity contribution >= 4 is 11.9 Å². The highest BCUT2D eigenvalue weighted by molar-refractivity contribution is 5.89. The maximum atomic E-state index is 9.55. The van der Waals surface area contributed by atoms with E-state index in [1.54, 1.807) is 6.92 Å². The van der Waals surface area contributed by atoms with Gasteiger partial charge in [0.1, 0.15) is 0 Å². The standard InChI is InChI=1S/C9H20O5.C4H4O4/c1-9(11)8-14-7-6-13-5-4-12-3-2-10;5-3(6)1-2-4(7)8/h9-11H,2-8H2,1H3;1-2H,(H,5,6)(H,7,8). The van der Waals surface area contributed by atoms with Gasteiger partial charge in [0.15, 0.2) is 0 Å². The van der Waals surface area contributed by atoms with Gasteiger partial charge in [-0.25, -0.2) is 9.59 Å². The zero-order valence-corrected chi connectivity index (χ0v) is 12.5. The summed E-state index contributed by atoms with van der Waals surface area (Å²) >= 11 is 0. The van der Waals surface area contributed by atoms with Crippen LogP contribution in [0.5, 0.6) is 0 Å². The van der Waals surface area contributed by atoms with E-state index >= 15 is 0 Å². The Morgan fingerprint density at radius 3 is 1.68 bits per heavy atom. The Balaban J connectivity index is 0. The van der Waals surface area contributed by atoms with E-state index in [1.165, 1.54) is 0 Å². The Labute approximate surface area is 128 Å². The molecule has 0 spiro atoms. The summed E-state index contributed by atoms with van der Waals surface area (Å²) in [7, 11) is 0. The molecule has 9 nitrogen and oxygen atoms in total. The van der Waals surface area contributed by atoms with Gasteiger partial charge in [0, 0.05) is 12.2 Å². The largest absolute Gasteiger partial charge is 0.478 e. The first-order valence-electron chi connectivity index (χ1n) is 6.56. The maximum absolute atomic E-state index is 9.55. The number of rotatable bonds is 12. The molecule has 22 heavy (non-hydrogen) atoms. The molecular formula is C13H24O9. The van der Waals surface area contributed by atoms with E-state index < -0.39 is 18.0 Å². The molecule has 1 atom stereocenters. The molecule has 0 saturated carbocycles. The van der Waals surface area contributed by atoms with Gasteiger partial charge in [0.2, 0.25) is 0 Å². The summed E-state index contributed by atoms with van der Waals surface area (Å²) in [6, 6.07) is 0. The number of carboxylic acids is 2. The highest BCUT2D eigenvalue weighted by atomic mass is 16.5. The van der Waals surface area contributed by atoms with Crippen molar-refractivity contribution in [1.29, 1.82) is 0 Å². The van der Waals surface area contributed by atoms with Crippen molar-refractivity contribution in [3.8, 4) is 0 Å². The third-order valence-corrected chi connectivity index (χ3v) is 1.71. The lowest BCUT2D eigenvalue weighted by atomic mass is 10.4. The van der Waals surface area contributed by atoms with Crippen LogP contribution >= 0.6 is 0 Å². The van der Waals surface area contributed by atoms with E-state index in [0.717, 1.165) is 0 Å². The topological polar surface area (TPSA) is 143 Å². The summed E-state index contributed by atoms with van der Waals surface area (Å²) in [4.78, 5) is 19.1. The van der Waals surface area contributed by atoms with Gasteiger partial charge in [-0.2, -0.15) is 0 Å². The van der Waals surface area contributed by atoms with E-state index in [0.29, 0.717) is 51.8 Å². The number of hydrogen-bond acceptors (Lipinski definition) is 7. The zero-order valence-electron chi connectivity index (χ0n) is 12.5. The summed E-state index contributed by atoms with van der Waals surface area (Å²) in [6.45, 7) is 4.35. The summed E-state index contributed by atoms with van der Waals surface area (Å²) in [5.41, 5.74) is 0. The molecule has 0 bridgehead atoms. The molecule has 0 aliphatic heterocycles. The third kappa shape index (κ3) is 26.9. The van der Waals surface area contributed by atoms with Gasteiger partial charge in [-0.3, -0.25) is 0 Å². The molecule has 0 amide bonds. The van der Waals surface area contributed by atoms with Crippen LogP contribution in [0.1, 0.15) is 6.92 Å². The molecule has 0 rings (SSSR count). The predicted octanol–water partition coefficient (Wildman–Crippen LogP) is -0.879. The second kappa shape index (κ2) is 17.5. The van der Waals surface area contributed by atoms with Gasteiger partial charge in [-0.05, 0) is 6.92 Å². The second-order valence-corrected chi connectivity index (χ2v) is 3.88. The van der Waals surface area contributed by atoms with Crippen molar-refractivity contribution in [1.82, 2.24) is 0 Å². The van der Waals surface area contributed by atoms with E-state index in [2.05, 4.69) is 0 Å². The fourth-order valence-corrected chi connectivity index (χ4v) is 0.901. The van der Waals surface area contributed by atoms with Crippen LogP contribution in [0.3, 0.4) is 0 Å². The van der Waals surface area contributed by atoms with Crippen LogP contribution in [0.2, 0.25) is 0 Å². The molecule has 0 aliphatic rings. The van der Waals surface area contributed by atoms with Crippen LogP contribution < -0.4 is 0 Å². The minimum atomic E-state index is -1.26. The molecular weight excluding hydrogens is 300 g/mol. The Morgan fingerprint density at radius 2 is 1.32 bits per heavy atom. The van der Waals surface area contributed by atoms with Gasteiger partial charge in [0.25, 0.3) is 0 Å². The Kier molecular flexibility index (Phi) is 18.1. The lowest BCUT2D eigenvalue weighted by Gasteiger charge is -2.07. The Bertz CT molecular complexity index is 286. The van der Waals surface area contributed by atoms with Crippen molar-refractivity contribution in [2.45, 2.75) is 13.0 Å². The predicted molar refractivity (Wildman–Crippen MR) is 75.6 cm³/mol. The number of aliphatic carboxylic acids is 2. The van der Waals surface area contributed by atoms with E-state index in [4.69, 9.17) is 34.6 Å². The summed E-state index contributed by atoms with van der Waals surface area (Å²) in [5, 5.41) is 32.8. The normalized spacial score (nSPS) is 11.8. The Morgan fingerprint density at radius 1 is 0.909 bits per heavy atom. The van der Waals surface area contributed by atoms with Crippen molar-refractivity contribution in [2.24, 2.45) is 0 Å². The van der Waals surface area contributed by atoms with Gasteiger partial charge >= 0.3 is 11.9 Å². The van der Waals surface area contributed by atoms with Crippen LogP contribution in [-0.4, -0.2) is 84.7 Å². The molecule has 0 heterocycles. The van der Waals surface area contributed by atoms with Gasteiger partial charge < -0.3 is 34.6 Å². The van der Waals surface area contributed by atoms with Crippen molar-refractivity contribution < 1.29 is 44.2 Å². The molecule has 0 radical (unpaired) electrons. The highest BCUT2D eigenvalue weighted by Crippen LogP contribution is 1.84. The first-order valence-corrected chi connectivity index (χ1v) is 6.56. The summed E-state index contributed by atoms with van der Waals surface area (Å²) in [6.07, 6.45) is 0.688. The van der Waals surface area contributed by atoms with Crippen LogP contribution in [0, 0.1) is 0 Å². The zero-order chi connectivity index (χ0) is 17.2. The van der Waals surface area contributed by atoms with Crippen molar-refractivity contribution in [2.75, 3.05) is 46.2 Å². The average Bonchev–Trinajstić information content (AvgIpc) is 2.44. The molecule has 0 aromatic heterocycles. The van der Waals surface area contributed by atoms with E-state index in [9.17, 15) is 9.59 Å². The summed E-state index contributed by atoms with van der Waals surface area (Å²) in [5.74, 6) is -2.51. The third-order valence-electron chi connectivity index (χ3n) is 1.71. The van der Waals surface area contributed by atoms with Crippen LogP contribution in [0.25, 0.3) is 0 Å². The molecule has 0 aromatic carbocycles. The molecule has 0 aromatic rings. The first-order chi connectivity index (χ1) is 10.4. The lowest BCUT2D eigenvalue weighted by Crippen LogP contribution is -2.15. The molecule has 4 N–H and O–H groups in total. The quantitative estimate of drug-likeness (QED) is 0.266. The number of aliphatic hydroxyl groups excluding tert-OH is 2. The van der Waals surface area contributed by atoms with Gasteiger partial charge in [-0.1, -0.05) is 0 Å². The Hall–Kier alpha value is -1.52. The minimum Gasteiger partial charge on any atom is -0.478 e. The monoisotopic (exact) mass is 324 g/mol. The number of carboxylic acid groups (broad SMARTS) is 2. The molecule has 0 aliphatic carbocycles. The maximum Gasteiger partial charge on any atom is 0.328 e. The van der Waals surface area contributed by atoms with E-state index in [1.807, 2.05) is 0 Å². The molecule has 0 saturated heterocycles. The number of carbonyl (C=O) groups is 2. The fraction of sp³-hybridized carbons (Fsp3) is 0.692. The molecule has 0 fully saturated rings. The average molecular weight is 324 g/mol. The van der Waals surface area contributed by atoms with Gasteiger partial charge in [0.05, 0.1) is 52.4 Å². The molecule has 9 heteroatoms. The second-order valence-electron chi connectivity index (χ2n) is 3.88. The number of ether oxygens (including phenoxy) is 3. The number of hydrogen-bond donors (Lipinski definition) is 4. The van der Waals surface area contributed by atoms with E-state index in [-0.39, 0.29) is 6.61 Å². The first kappa shape index (κ1) is 22.8. The minimum absolute atomic E-state index is 0.0392. The molecule has 1 unspecified atom stereocenters. The van der Waals surface area contributed by atoms with Crippen LogP contribution in [0.4, 0.5) is 0 Å². The number of aliphatic hydroxyl groups is 2. The SMILES string of the molecule is CC(O)COCCOCCOCCO.O=C(O)C=CC(=O)O. The van der Waals surface area contributed by atoms with Crippen LogP contribution in [0.15, 0.2) is 12.2 Å². The van der Waals surface area contributed by atoms with Crippen molar-refractivity contribution in [3.05, 3.63) is 12.2 Å². The van der Waals surface area contributed by atoms with Gasteiger partial charge in [-0.15, -0.1) is 0 Å². The van der Waals surface area contributed by atoms with Crippen LogP contribution in [-0.2, 0) is 23.8 Å². The molecule has 130 valence electrons. The van der Waals surface area contributed by atoms with Crippen molar-refractivity contribution in [3.63, 3.8) is 0 Å². The lowest BCUT2D eigenvalue weighted by molar-refractivity contribution is -0.134. The fourth-order valence-electron chi connectivity index (χ4n) is 0.901.